The van der Waals surface area contributed by atoms with Crippen LogP contribution in [0.1, 0.15) is 13.3 Å². The van der Waals surface area contributed by atoms with Crippen LogP contribution in [0.4, 0.5) is 0 Å². The smallest absolute Gasteiger partial charge is 0.218 e. The van der Waals surface area contributed by atoms with Gasteiger partial charge in [0.1, 0.15) is 18.1 Å². The van der Waals surface area contributed by atoms with Gasteiger partial charge in [-0.25, -0.2) is 0 Å². The molecule has 1 atom stereocenters. The fraction of sp³-hybridized carbons (Fsp3) is 0.462. The van der Waals surface area contributed by atoms with Gasteiger partial charge in [0.25, 0.3) is 0 Å². The van der Waals surface area contributed by atoms with Gasteiger partial charge in [-0.2, -0.15) is 0 Å². The normalized spacial score (nSPS) is 11.9. The van der Waals surface area contributed by atoms with E-state index in [1.807, 2.05) is 31.2 Å². The molecule has 0 radical (unpaired) electrons. The van der Waals surface area contributed by atoms with Gasteiger partial charge in [-0.05, 0) is 31.2 Å². The fourth-order valence-electron chi connectivity index (χ4n) is 1.52. The van der Waals surface area contributed by atoms with E-state index in [4.69, 9.17) is 15.2 Å². The Hall–Kier alpha value is -1.75. The van der Waals surface area contributed by atoms with Gasteiger partial charge in [0, 0.05) is 19.0 Å². The second-order valence-corrected chi connectivity index (χ2v) is 4.05. The number of benzene rings is 1. The van der Waals surface area contributed by atoms with Crippen LogP contribution in [0.25, 0.3) is 0 Å². The number of nitrogens with two attached hydrogens (primary N) is 1. The minimum absolute atomic E-state index is 0.0713. The van der Waals surface area contributed by atoms with E-state index in [-0.39, 0.29) is 11.9 Å². The number of rotatable bonds is 8. The summed E-state index contributed by atoms with van der Waals surface area (Å²) in [5, 5.41) is 3.16. The lowest BCUT2D eigenvalue weighted by molar-refractivity contribution is -0.118. The summed E-state index contributed by atoms with van der Waals surface area (Å²) < 4.78 is 10.6. The molecule has 0 saturated carbocycles. The molecule has 1 amide bonds. The van der Waals surface area contributed by atoms with Gasteiger partial charge in [0.05, 0.1) is 7.11 Å². The molecule has 1 unspecified atom stereocenters. The Balaban J connectivity index is 2.19. The molecule has 0 aliphatic carbocycles. The summed E-state index contributed by atoms with van der Waals surface area (Å²) in [5.41, 5.74) is 5.09. The molecular formula is C13H20N2O3. The maximum absolute atomic E-state index is 10.7. The largest absolute Gasteiger partial charge is 0.497 e. The second kappa shape index (κ2) is 7.55. The van der Waals surface area contributed by atoms with Crippen LogP contribution >= 0.6 is 0 Å². The summed E-state index contributed by atoms with van der Waals surface area (Å²) in [5.74, 6) is 1.29. The Morgan fingerprint density at radius 3 is 2.50 bits per heavy atom. The molecule has 0 aliphatic rings. The van der Waals surface area contributed by atoms with Gasteiger partial charge >= 0.3 is 0 Å². The lowest BCUT2D eigenvalue weighted by Crippen LogP contribution is -2.33. The third kappa shape index (κ3) is 5.54. The van der Waals surface area contributed by atoms with Crippen LogP contribution in [0.2, 0.25) is 0 Å². The first-order valence-corrected chi connectivity index (χ1v) is 5.90. The zero-order valence-corrected chi connectivity index (χ0v) is 10.8. The highest BCUT2D eigenvalue weighted by molar-refractivity contribution is 5.74. The van der Waals surface area contributed by atoms with Gasteiger partial charge < -0.3 is 20.5 Å². The molecule has 0 bridgehead atoms. The Morgan fingerprint density at radius 2 is 1.94 bits per heavy atom. The van der Waals surface area contributed by atoms with Gasteiger partial charge in [-0.3, -0.25) is 4.79 Å². The average Bonchev–Trinajstić information content (AvgIpc) is 2.34. The predicted molar refractivity (Wildman–Crippen MR) is 69.8 cm³/mol. The van der Waals surface area contributed by atoms with E-state index in [2.05, 4.69) is 5.32 Å². The molecular weight excluding hydrogens is 232 g/mol. The number of methoxy groups -OCH3 is 1. The molecule has 1 aromatic rings. The molecule has 100 valence electrons. The van der Waals surface area contributed by atoms with E-state index in [1.165, 1.54) is 0 Å². The lowest BCUT2D eigenvalue weighted by atomic mass is 10.2. The molecule has 0 fully saturated rings. The Labute approximate surface area is 107 Å². The molecule has 0 aromatic heterocycles. The molecule has 0 saturated heterocycles. The van der Waals surface area contributed by atoms with Crippen molar-refractivity contribution in [2.45, 2.75) is 19.4 Å². The quantitative estimate of drug-likeness (QED) is 0.675. The molecule has 1 rings (SSSR count). The fourth-order valence-corrected chi connectivity index (χ4v) is 1.52. The third-order valence-electron chi connectivity index (χ3n) is 2.43. The van der Waals surface area contributed by atoms with E-state index in [1.54, 1.807) is 7.11 Å². The summed E-state index contributed by atoms with van der Waals surface area (Å²) in [6.07, 6.45) is 0.336. The van der Waals surface area contributed by atoms with Crippen LogP contribution in [0, 0.1) is 0 Å². The molecule has 1 aromatic carbocycles. The standard InChI is InChI=1S/C13H20N2O3/c1-10(9-13(14)16)15-7-8-18-12-5-3-11(17-2)4-6-12/h3-6,10,15H,7-9H2,1-2H3,(H2,14,16). The van der Waals surface area contributed by atoms with Crippen molar-refractivity contribution in [2.75, 3.05) is 20.3 Å². The monoisotopic (exact) mass is 252 g/mol. The highest BCUT2D eigenvalue weighted by Crippen LogP contribution is 2.16. The van der Waals surface area contributed by atoms with Crippen LogP contribution in [0.5, 0.6) is 11.5 Å². The van der Waals surface area contributed by atoms with Crippen LogP contribution < -0.4 is 20.5 Å². The number of amides is 1. The number of carbonyl (C=O) groups is 1. The van der Waals surface area contributed by atoms with Crippen molar-refractivity contribution in [3.63, 3.8) is 0 Å². The molecule has 3 N–H and O–H groups in total. The Bertz CT molecular complexity index is 365. The zero-order valence-electron chi connectivity index (χ0n) is 10.8. The van der Waals surface area contributed by atoms with Crippen LogP contribution in [-0.2, 0) is 4.79 Å². The van der Waals surface area contributed by atoms with Crippen LogP contribution in [-0.4, -0.2) is 32.2 Å². The van der Waals surface area contributed by atoms with Crippen molar-refractivity contribution in [2.24, 2.45) is 5.73 Å². The first-order valence-electron chi connectivity index (χ1n) is 5.90. The lowest BCUT2D eigenvalue weighted by Gasteiger charge is -2.12. The van der Waals surface area contributed by atoms with Crippen LogP contribution in [0.15, 0.2) is 24.3 Å². The molecule has 5 nitrogen and oxygen atoms in total. The van der Waals surface area contributed by atoms with Crippen molar-refractivity contribution in [3.8, 4) is 11.5 Å². The van der Waals surface area contributed by atoms with Crippen molar-refractivity contribution in [3.05, 3.63) is 24.3 Å². The van der Waals surface area contributed by atoms with E-state index in [0.29, 0.717) is 19.6 Å². The SMILES string of the molecule is COc1ccc(OCCNC(C)CC(N)=O)cc1. The van der Waals surface area contributed by atoms with Crippen molar-refractivity contribution in [1.82, 2.24) is 5.32 Å². The Morgan fingerprint density at radius 1 is 1.33 bits per heavy atom. The maximum atomic E-state index is 10.7. The number of carbonyl (C=O) groups excluding carboxylic acids is 1. The predicted octanol–water partition coefficient (Wildman–Crippen LogP) is 0.927. The summed E-state index contributed by atoms with van der Waals surface area (Å²) >= 11 is 0. The molecule has 0 heterocycles. The number of nitrogens with one attached hydrogen (secondary N) is 1. The second-order valence-electron chi connectivity index (χ2n) is 4.05. The van der Waals surface area contributed by atoms with Crippen molar-refractivity contribution in [1.29, 1.82) is 0 Å². The summed E-state index contributed by atoms with van der Waals surface area (Å²) in [4.78, 5) is 10.7. The number of hydrogen-bond donors (Lipinski definition) is 2. The zero-order chi connectivity index (χ0) is 13.4. The topological polar surface area (TPSA) is 73.6 Å². The van der Waals surface area contributed by atoms with Gasteiger partial charge in [-0.1, -0.05) is 0 Å². The number of primary amides is 1. The molecule has 5 heteroatoms. The number of ether oxygens (including phenoxy) is 2. The summed E-state index contributed by atoms with van der Waals surface area (Å²) in [6.45, 7) is 3.12. The number of hydrogen-bond acceptors (Lipinski definition) is 4. The summed E-state index contributed by atoms with van der Waals surface area (Å²) in [7, 11) is 1.62. The molecule has 18 heavy (non-hydrogen) atoms. The third-order valence-corrected chi connectivity index (χ3v) is 2.43. The first kappa shape index (κ1) is 14.3. The first-order chi connectivity index (χ1) is 8.61. The Kier molecular flexibility index (Phi) is 6.00. The minimum Gasteiger partial charge on any atom is -0.497 e. The highest BCUT2D eigenvalue weighted by Gasteiger charge is 2.04. The van der Waals surface area contributed by atoms with E-state index in [9.17, 15) is 4.79 Å². The van der Waals surface area contributed by atoms with Crippen molar-refractivity contribution >= 4 is 5.91 Å². The van der Waals surface area contributed by atoms with E-state index < -0.39 is 0 Å². The molecule has 0 spiro atoms. The van der Waals surface area contributed by atoms with E-state index in [0.717, 1.165) is 11.5 Å². The van der Waals surface area contributed by atoms with Gasteiger partial charge in [-0.15, -0.1) is 0 Å². The average molecular weight is 252 g/mol. The van der Waals surface area contributed by atoms with Crippen molar-refractivity contribution < 1.29 is 14.3 Å². The van der Waals surface area contributed by atoms with Gasteiger partial charge in [0.2, 0.25) is 5.91 Å². The minimum atomic E-state index is -0.300. The van der Waals surface area contributed by atoms with Crippen LogP contribution in [0.3, 0.4) is 0 Å². The maximum Gasteiger partial charge on any atom is 0.218 e. The van der Waals surface area contributed by atoms with Gasteiger partial charge in [0.15, 0.2) is 0 Å². The van der Waals surface area contributed by atoms with E-state index >= 15 is 0 Å². The summed E-state index contributed by atoms with van der Waals surface area (Å²) in [6, 6.07) is 7.47. The highest BCUT2D eigenvalue weighted by atomic mass is 16.5. The molecule has 0 aliphatic heterocycles.